The molecule has 2 nitrogen and oxygen atoms in total. The predicted molar refractivity (Wildman–Crippen MR) is 50.8 cm³/mol. The van der Waals surface area contributed by atoms with Crippen molar-refractivity contribution in [1.29, 1.82) is 0 Å². The molecule has 0 aromatic carbocycles. The van der Waals surface area contributed by atoms with Crippen molar-refractivity contribution < 1.29 is 9.53 Å². The van der Waals surface area contributed by atoms with Crippen molar-refractivity contribution in [1.82, 2.24) is 0 Å². The van der Waals surface area contributed by atoms with E-state index in [2.05, 4.69) is 13.8 Å². The summed E-state index contributed by atoms with van der Waals surface area (Å²) >= 11 is 5.31. The van der Waals surface area contributed by atoms with Crippen LogP contribution in [0.5, 0.6) is 0 Å². The standard InChI is InChI=1S/C10H15ClO2/c1-9(2)7-3-5-10(9,6-4-7)13-8(11)12/h7H,3-6H2,1-2H3. The summed E-state index contributed by atoms with van der Waals surface area (Å²) < 4.78 is 5.33. The Morgan fingerprint density at radius 3 is 2.23 bits per heavy atom. The normalized spacial score (nSPS) is 40.7. The van der Waals surface area contributed by atoms with Crippen LogP contribution in [0, 0.1) is 11.3 Å². The largest absolute Gasteiger partial charge is 0.446 e. The van der Waals surface area contributed by atoms with E-state index in [1.165, 1.54) is 12.8 Å². The highest BCUT2D eigenvalue weighted by atomic mass is 35.5. The Kier molecular flexibility index (Phi) is 1.88. The topological polar surface area (TPSA) is 26.3 Å². The number of ether oxygens (including phenoxy) is 1. The Morgan fingerprint density at radius 1 is 1.38 bits per heavy atom. The maximum atomic E-state index is 10.8. The number of fused-ring (bicyclic) bond motifs is 2. The number of hydrogen-bond donors (Lipinski definition) is 0. The van der Waals surface area contributed by atoms with E-state index in [1.54, 1.807) is 0 Å². The Morgan fingerprint density at radius 2 is 1.92 bits per heavy atom. The Hall–Kier alpha value is -0.240. The van der Waals surface area contributed by atoms with Crippen LogP contribution in [0.4, 0.5) is 4.79 Å². The van der Waals surface area contributed by atoms with Gasteiger partial charge in [-0.15, -0.1) is 0 Å². The van der Waals surface area contributed by atoms with Crippen molar-refractivity contribution in [2.45, 2.75) is 45.1 Å². The van der Waals surface area contributed by atoms with Crippen LogP contribution in [-0.4, -0.2) is 11.0 Å². The van der Waals surface area contributed by atoms with Crippen LogP contribution >= 0.6 is 11.6 Å². The molecule has 2 rings (SSSR count). The lowest BCUT2D eigenvalue weighted by molar-refractivity contribution is -0.0324. The molecular weight excluding hydrogens is 188 g/mol. The van der Waals surface area contributed by atoms with Gasteiger partial charge in [0.1, 0.15) is 5.60 Å². The summed E-state index contributed by atoms with van der Waals surface area (Å²) in [7, 11) is 0. The maximum Gasteiger partial charge on any atom is 0.404 e. The van der Waals surface area contributed by atoms with Crippen molar-refractivity contribution in [3.05, 3.63) is 0 Å². The Balaban J connectivity index is 2.26. The molecule has 0 aromatic rings. The molecule has 0 heterocycles. The van der Waals surface area contributed by atoms with Crippen molar-refractivity contribution in [3.63, 3.8) is 0 Å². The quantitative estimate of drug-likeness (QED) is 0.610. The summed E-state index contributed by atoms with van der Waals surface area (Å²) in [5.74, 6) is 0.712. The number of carbonyl (C=O) groups is 1. The molecule has 0 saturated heterocycles. The van der Waals surface area contributed by atoms with Gasteiger partial charge in [-0.05, 0) is 31.6 Å². The Bertz CT molecular complexity index is 239. The Labute approximate surface area is 83.6 Å². The van der Waals surface area contributed by atoms with Crippen LogP contribution in [-0.2, 0) is 4.74 Å². The minimum Gasteiger partial charge on any atom is -0.446 e. The minimum absolute atomic E-state index is 0.123. The fourth-order valence-corrected chi connectivity index (χ4v) is 3.36. The first-order valence-corrected chi connectivity index (χ1v) is 5.24. The van der Waals surface area contributed by atoms with Crippen molar-refractivity contribution in [2.24, 2.45) is 11.3 Å². The van der Waals surface area contributed by atoms with E-state index in [-0.39, 0.29) is 11.0 Å². The SMILES string of the molecule is CC1(C)C2CCC1(OC(=O)Cl)CC2. The fourth-order valence-electron chi connectivity index (χ4n) is 3.21. The molecule has 2 saturated carbocycles. The number of hydrogen-bond acceptors (Lipinski definition) is 2. The van der Waals surface area contributed by atoms with E-state index in [0.29, 0.717) is 5.92 Å². The second-order valence-electron chi connectivity index (χ2n) is 4.83. The zero-order chi connectivity index (χ0) is 9.69. The van der Waals surface area contributed by atoms with E-state index in [4.69, 9.17) is 16.3 Å². The number of halogens is 1. The molecule has 13 heavy (non-hydrogen) atoms. The lowest BCUT2D eigenvalue weighted by Crippen LogP contribution is -2.40. The van der Waals surface area contributed by atoms with E-state index in [9.17, 15) is 4.79 Å². The zero-order valence-corrected chi connectivity index (χ0v) is 8.86. The van der Waals surface area contributed by atoms with Gasteiger partial charge >= 0.3 is 5.43 Å². The van der Waals surface area contributed by atoms with Crippen LogP contribution in [0.3, 0.4) is 0 Å². The van der Waals surface area contributed by atoms with Gasteiger partial charge in [-0.3, -0.25) is 0 Å². The molecule has 2 bridgehead atoms. The lowest BCUT2D eigenvalue weighted by Gasteiger charge is -2.36. The van der Waals surface area contributed by atoms with Gasteiger partial charge < -0.3 is 4.74 Å². The highest BCUT2D eigenvalue weighted by molar-refractivity contribution is 6.61. The second kappa shape index (κ2) is 2.63. The zero-order valence-electron chi connectivity index (χ0n) is 8.10. The van der Waals surface area contributed by atoms with Crippen LogP contribution in [0.15, 0.2) is 0 Å². The molecule has 2 aliphatic carbocycles. The molecule has 0 amide bonds. The van der Waals surface area contributed by atoms with Gasteiger partial charge in [-0.2, -0.15) is 0 Å². The van der Waals surface area contributed by atoms with Crippen LogP contribution in [0.25, 0.3) is 0 Å². The van der Waals surface area contributed by atoms with Gasteiger partial charge in [0.05, 0.1) is 0 Å². The molecule has 0 N–H and O–H groups in total. The summed E-state index contributed by atoms with van der Waals surface area (Å²) in [5.41, 5.74) is -0.774. The van der Waals surface area contributed by atoms with E-state index in [0.717, 1.165) is 12.8 Å². The van der Waals surface area contributed by atoms with Crippen molar-refractivity contribution >= 4 is 17.0 Å². The monoisotopic (exact) mass is 202 g/mol. The number of rotatable bonds is 1. The molecule has 2 fully saturated rings. The summed E-state index contributed by atoms with van der Waals surface area (Å²) in [6.45, 7) is 4.38. The van der Waals surface area contributed by atoms with Gasteiger partial charge in [-0.25, -0.2) is 4.79 Å². The van der Waals surface area contributed by atoms with E-state index >= 15 is 0 Å². The first kappa shape index (κ1) is 9.32. The van der Waals surface area contributed by atoms with Gasteiger partial charge in [0.15, 0.2) is 0 Å². The van der Waals surface area contributed by atoms with Gasteiger partial charge in [0.2, 0.25) is 0 Å². The number of carbonyl (C=O) groups excluding carboxylic acids is 1. The van der Waals surface area contributed by atoms with Crippen LogP contribution in [0.1, 0.15) is 39.5 Å². The average Bonchev–Trinajstić information content (AvgIpc) is 2.36. The smallest absolute Gasteiger partial charge is 0.404 e. The predicted octanol–water partition coefficient (Wildman–Crippen LogP) is 3.33. The maximum absolute atomic E-state index is 10.8. The van der Waals surface area contributed by atoms with Crippen LogP contribution < -0.4 is 0 Å². The third-order valence-corrected chi connectivity index (χ3v) is 4.34. The third kappa shape index (κ3) is 1.11. The molecule has 0 unspecified atom stereocenters. The highest BCUT2D eigenvalue weighted by Crippen LogP contribution is 2.62. The first-order chi connectivity index (χ1) is 5.98. The summed E-state index contributed by atoms with van der Waals surface area (Å²) in [5, 5.41) is 0. The molecule has 0 aromatic heterocycles. The molecule has 2 aliphatic rings. The minimum atomic E-state index is -0.643. The third-order valence-electron chi connectivity index (χ3n) is 4.26. The molecular formula is C10H15ClO2. The van der Waals surface area contributed by atoms with Crippen molar-refractivity contribution in [2.75, 3.05) is 0 Å². The lowest BCUT2D eigenvalue weighted by atomic mass is 9.79. The van der Waals surface area contributed by atoms with Gasteiger partial charge in [0, 0.05) is 17.0 Å². The fraction of sp³-hybridized carbons (Fsp3) is 0.900. The molecule has 3 heteroatoms. The second-order valence-corrected chi connectivity index (χ2v) is 5.14. The molecule has 74 valence electrons. The van der Waals surface area contributed by atoms with Crippen LogP contribution in [0.2, 0.25) is 0 Å². The summed E-state index contributed by atoms with van der Waals surface area (Å²) in [4.78, 5) is 10.8. The molecule has 0 atom stereocenters. The van der Waals surface area contributed by atoms with E-state index < -0.39 is 5.43 Å². The molecule has 0 spiro atoms. The average molecular weight is 203 g/mol. The first-order valence-electron chi connectivity index (χ1n) is 4.86. The highest BCUT2D eigenvalue weighted by Gasteiger charge is 2.61. The van der Waals surface area contributed by atoms with Gasteiger partial charge in [-0.1, -0.05) is 13.8 Å². The molecule has 0 aliphatic heterocycles. The van der Waals surface area contributed by atoms with E-state index in [1.807, 2.05) is 0 Å². The summed E-state index contributed by atoms with van der Waals surface area (Å²) in [6, 6.07) is 0. The summed E-state index contributed by atoms with van der Waals surface area (Å²) in [6.07, 6.45) is 4.33. The molecule has 0 radical (unpaired) electrons. The van der Waals surface area contributed by atoms with Gasteiger partial charge in [0.25, 0.3) is 0 Å². The van der Waals surface area contributed by atoms with Crippen molar-refractivity contribution in [3.8, 4) is 0 Å².